The molecule has 2 N–H and O–H groups in total. The Labute approximate surface area is 188 Å². The third kappa shape index (κ3) is 9.43. The van der Waals surface area contributed by atoms with Crippen molar-refractivity contribution in [1.82, 2.24) is 20.4 Å². The topological polar surface area (TPSA) is 46.1 Å². The van der Waals surface area contributed by atoms with E-state index in [1.165, 1.54) is 31.7 Å². The van der Waals surface area contributed by atoms with Gasteiger partial charge in [0.1, 0.15) is 0 Å². The number of guanidine groups is 1. The number of likely N-dealkylation sites (N-methyl/N-ethyl adjacent to an activating group) is 1. The summed E-state index contributed by atoms with van der Waals surface area (Å²) in [6.45, 7) is 12.0. The number of rotatable bonds is 9. The minimum atomic E-state index is 0. The second kappa shape index (κ2) is 14.9. The zero-order valence-corrected chi connectivity index (χ0v) is 20.2. The highest BCUT2D eigenvalue weighted by Gasteiger charge is 2.11. The molecule has 0 bridgehead atoms. The normalized spacial score (nSPS) is 16.2. The van der Waals surface area contributed by atoms with Crippen LogP contribution in [0.1, 0.15) is 19.8 Å². The third-order valence-electron chi connectivity index (χ3n) is 5.16. The van der Waals surface area contributed by atoms with E-state index < -0.39 is 0 Å². The van der Waals surface area contributed by atoms with Crippen molar-refractivity contribution in [3.63, 3.8) is 0 Å². The molecular formula is C21H39IN6. The molecule has 6 nitrogen and oxygen atoms in total. The summed E-state index contributed by atoms with van der Waals surface area (Å²) < 4.78 is 0. The summed E-state index contributed by atoms with van der Waals surface area (Å²) in [6.07, 6.45) is 2.35. The third-order valence-corrected chi connectivity index (χ3v) is 5.16. The minimum absolute atomic E-state index is 0. The molecule has 0 atom stereocenters. The Morgan fingerprint density at radius 1 is 1.07 bits per heavy atom. The summed E-state index contributed by atoms with van der Waals surface area (Å²) in [5.74, 6) is 0.907. The van der Waals surface area contributed by atoms with Crippen LogP contribution in [0.2, 0.25) is 0 Å². The number of nitrogens with zero attached hydrogens (tertiary/aromatic N) is 4. The molecule has 7 heteroatoms. The van der Waals surface area contributed by atoms with Crippen LogP contribution >= 0.6 is 24.0 Å². The van der Waals surface area contributed by atoms with Crippen LogP contribution in [0.15, 0.2) is 35.3 Å². The van der Waals surface area contributed by atoms with Crippen LogP contribution in [0.3, 0.4) is 0 Å². The molecule has 1 fully saturated rings. The van der Waals surface area contributed by atoms with Crippen LogP contribution in [0, 0.1) is 0 Å². The lowest BCUT2D eigenvalue weighted by Crippen LogP contribution is -2.43. The highest BCUT2D eigenvalue weighted by atomic mass is 127. The lowest BCUT2D eigenvalue weighted by Gasteiger charge is -2.23. The van der Waals surface area contributed by atoms with Crippen molar-refractivity contribution in [2.75, 3.05) is 77.9 Å². The molecule has 1 aromatic carbocycles. The van der Waals surface area contributed by atoms with Crippen molar-refractivity contribution < 1.29 is 0 Å². The number of benzene rings is 1. The maximum atomic E-state index is 4.35. The summed E-state index contributed by atoms with van der Waals surface area (Å²) >= 11 is 0. The molecule has 1 heterocycles. The van der Waals surface area contributed by atoms with Gasteiger partial charge in [-0.15, -0.1) is 24.0 Å². The Balaban J connectivity index is 0.00000392. The van der Waals surface area contributed by atoms with Crippen molar-refractivity contribution in [2.24, 2.45) is 4.99 Å². The van der Waals surface area contributed by atoms with E-state index in [0.29, 0.717) is 0 Å². The van der Waals surface area contributed by atoms with Crippen LogP contribution in [-0.4, -0.2) is 88.8 Å². The van der Waals surface area contributed by atoms with Crippen molar-refractivity contribution in [3.05, 3.63) is 30.3 Å². The second-order valence-electron chi connectivity index (χ2n) is 7.19. The van der Waals surface area contributed by atoms with Gasteiger partial charge in [-0.3, -0.25) is 4.99 Å². The smallest absolute Gasteiger partial charge is 0.191 e. The van der Waals surface area contributed by atoms with E-state index >= 15 is 0 Å². The Hall–Kier alpha value is -1.06. The van der Waals surface area contributed by atoms with E-state index in [1.807, 2.05) is 7.05 Å². The highest BCUT2D eigenvalue weighted by Crippen LogP contribution is 2.12. The van der Waals surface area contributed by atoms with Gasteiger partial charge in [0.2, 0.25) is 0 Å². The molecule has 0 aromatic heterocycles. The average molecular weight is 502 g/mol. The van der Waals surface area contributed by atoms with Crippen LogP contribution in [0.5, 0.6) is 0 Å². The Morgan fingerprint density at radius 3 is 2.54 bits per heavy atom. The minimum Gasteiger partial charge on any atom is -0.372 e. The Bertz CT molecular complexity index is 539. The van der Waals surface area contributed by atoms with Crippen molar-refractivity contribution >= 4 is 35.6 Å². The molecule has 28 heavy (non-hydrogen) atoms. The summed E-state index contributed by atoms with van der Waals surface area (Å²) in [5, 5.41) is 6.90. The standard InChI is InChI=1S/C21H38N6.HI/c1-4-27(20-10-6-5-7-11-20)16-8-12-23-21(22-2)24-13-17-26-15-9-14-25(3)18-19-26;/h5-7,10-11H,4,8-9,12-19H2,1-3H3,(H2,22,23,24);1H. The lowest BCUT2D eigenvalue weighted by atomic mass is 10.2. The van der Waals surface area contributed by atoms with E-state index in [0.717, 1.165) is 51.6 Å². The highest BCUT2D eigenvalue weighted by molar-refractivity contribution is 14.0. The number of anilines is 1. The fourth-order valence-electron chi connectivity index (χ4n) is 3.46. The molecule has 0 saturated carbocycles. The fraction of sp³-hybridized carbons (Fsp3) is 0.667. The average Bonchev–Trinajstić information content (AvgIpc) is 2.91. The van der Waals surface area contributed by atoms with Crippen LogP contribution in [0.4, 0.5) is 5.69 Å². The van der Waals surface area contributed by atoms with Gasteiger partial charge in [-0.25, -0.2) is 0 Å². The van der Waals surface area contributed by atoms with E-state index in [9.17, 15) is 0 Å². The van der Waals surface area contributed by atoms with Gasteiger partial charge in [0.15, 0.2) is 5.96 Å². The van der Waals surface area contributed by atoms with E-state index in [-0.39, 0.29) is 24.0 Å². The first-order chi connectivity index (χ1) is 13.2. The molecular weight excluding hydrogens is 463 g/mol. The second-order valence-corrected chi connectivity index (χ2v) is 7.19. The maximum Gasteiger partial charge on any atom is 0.191 e. The summed E-state index contributed by atoms with van der Waals surface area (Å²) in [6, 6.07) is 10.6. The molecule has 1 aliphatic rings. The molecule has 0 unspecified atom stereocenters. The molecule has 1 saturated heterocycles. The van der Waals surface area contributed by atoms with Gasteiger partial charge in [0.25, 0.3) is 0 Å². The van der Waals surface area contributed by atoms with Gasteiger partial charge in [0.05, 0.1) is 0 Å². The van der Waals surface area contributed by atoms with Crippen molar-refractivity contribution in [3.8, 4) is 0 Å². The maximum absolute atomic E-state index is 4.35. The SMILES string of the molecule is CCN(CCCNC(=NC)NCCN1CCCN(C)CC1)c1ccccc1.I. The van der Waals surface area contributed by atoms with E-state index in [4.69, 9.17) is 0 Å². The number of hydrogen-bond donors (Lipinski definition) is 2. The van der Waals surface area contributed by atoms with E-state index in [2.05, 4.69) is 74.6 Å². The zero-order valence-electron chi connectivity index (χ0n) is 17.9. The Morgan fingerprint density at radius 2 is 1.82 bits per heavy atom. The van der Waals surface area contributed by atoms with Gasteiger partial charge in [0, 0.05) is 58.5 Å². The van der Waals surface area contributed by atoms with Crippen LogP contribution < -0.4 is 15.5 Å². The molecule has 0 spiro atoms. The van der Waals surface area contributed by atoms with Gasteiger partial charge < -0.3 is 25.3 Å². The summed E-state index contributed by atoms with van der Waals surface area (Å²) in [5.41, 5.74) is 1.30. The number of nitrogens with one attached hydrogen (secondary N) is 2. The van der Waals surface area contributed by atoms with Crippen LogP contribution in [-0.2, 0) is 0 Å². The van der Waals surface area contributed by atoms with Crippen molar-refractivity contribution in [2.45, 2.75) is 19.8 Å². The molecule has 1 aliphatic heterocycles. The first-order valence-electron chi connectivity index (χ1n) is 10.4. The van der Waals surface area contributed by atoms with E-state index in [1.54, 1.807) is 0 Å². The molecule has 0 amide bonds. The Kier molecular flexibility index (Phi) is 13.3. The molecule has 0 radical (unpaired) electrons. The van der Waals surface area contributed by atoms with Crippen LogP contribution in [0.25, 0.3) is 0 Å². The van der Waals surface area contributed by atoms with Gasteiger partial charge in [-0.1, -0.05) is 18.2 Å². The number of aliphatic imine (C=N–C) groups is 1. The number of para-hydroxylation sites is 1. The number of halogens is 1. The van der Waals surface area contributed by atoms with Crippen molar-refractivity contribution in [1.29, 1.82) is 0 Å². The molecule has 160 valence electrons. The monoisotopic (exact) mass is 502 g/mol. The largest absolute Gasteiger partial charge is 0.372 e. The fourth-order valence-corrected chi connectivity index (χ4v) is 3.46. The summed E-state index contributed by atoms with van der Waals surface area (Å²) in [4.78, 5) is 11.7. The quantitative estimate of drug-likeness (QED) is 0.235. The lowest BCUT2D eigenvalue weighted by molar-refractivity contribution is 0.280. The predicted octanol–water partition coefficient (Wildman–Crippen LogP) is 2.32. The van der Waals surface area contributed by atoms with Gasteiger partial charge >= 0.3 is 0 Å². The first-order valence-corrected chi connectivity index (χ1v) is 10.4. The van der Waals surface area contributed by atoms with Gasteiger partial charge in [-0.2, -0.15) is 0 Å². The first kappa shape index (κ1) is 25.0. The zero-order chi connectivity index (χ0) is 19.3. The number of hydrogen-bond acceptors (Lipinski definition) is 4. The predicted molar refractivity (Wildman–Crippen MR) is 132 cm³/mol. The molecule has 1 aromatic rings. The van der Waals surface area contributed by atoms with Gasteiger partial charge in [-0.05, 0) is 52.0 Å². The summed E-state index contributed by atoms with van der Waals surface area (Å²) in [7, 11) is 4.06. The molecule has 2 rings (SSSR count). The molecule has 0 aliphatic carbocycles.